The molecular weight excluding hydrogens is 378 g/mol. The van der Waals surface area contributed by atoms with E-state index in [2.05, 4.69) is 10.3 Å². The molecule has 1 aliphatic heterocycles. The third kappa shape index (κ3) is 4.27. The maximum Gasteiger partial charge on any atom is 0.248 e. The van der Waals surface area contributed by atoms with Crippen LogP contribution in [0.15, 0.2) is 23.6 Å². The summed E-state index contributed by atoms with van der Waals surface area (Å²) in [6.07, 6.45) is 0.367. The third-order valence-electron chi connectivity index (χ3n) is 4.81. The summed E-state index contributed by atoms with van der Waals surface area (Å²) in [6.45, 7) is 6.55. The van der Waals surface area contributed by atoms with E-state index in [0.717, 1.165) is 11.3 Å². The summed E-state index contributed by atoms with van der Waals surface area (Å²) in [4.78, 5) is 31.0. The molecule has 150 valence electrons. The Morgan fingerprint density at radius 2 is 2.21 bits per heavy atom. The van der Waals surface area contributed by atoms with Crippen LogP contribution in [0.5, 0.6) is 11.5 Å². The second kappa shape index (κ2) is 8.60. The van der Waals surface area contributed by atoms with Crippen LogP contribution >= 0.6 is 11.3 Å². The zero-order chi connectivity index (χ0) is 20.3. The average molecular weight is 404 g/mol. The Labute approximate surface area is 168 Å². The SMILES string of the molecule is CCOc1cc(C2CC(=O)N(C(C)C(=O)Nc3nc(C)cs3)C2)ccc1OC. The van der Waals surface area contributed by atoms with Gasteiger partial charge in [0.15, 0.2) is 16.6 Å². The number of nitrogens with zero attached hydrogens (tertiary/aromatic N) is 2. The van der Waals surface area contributed by atoms with Crippen molar-refractivity contribution in [3.05, 3.63) is 34.8 Å². The second-order valence-electron chi connectivity index (χ2n) is 6.75. The molecule has 3 rings (SSSR count). The molecule has 8 heteroatoms. The van der Waals surface area contributed by atoms with Gasteiger partial charge in [0.25, 0.3) is 0 Å². The minimum atomic E-state index is -0.564. The Bertz CT molecular complexity index is 867. The number of hydrogen-bond donors (Lipinski definition) is 1. The molecule has 2 amide bonds. The highest BCUT2D eigenvalue weighted by molar-refractivity contribution is 7.13. The topological polar surface area (TPSA) is 80.8 Å². The summed E-state index contributed by atoms with van der Waals surface area (Å²) in [5.74, 6) is 1.08. The van der Waals surface area contributed by atoms with Crippen LogP contribution in [0.1, 0.15) is 37.4 Å². The number of nitrogens with one attached hydrogen (secondary N) is 1. The lowest BCUT2D eigenvalue weighted by Gasteiger charge is -2.23. The summed E-state index contributed by atoms with van der Waals surface area (Å²) in [6, 6.07) is 5.17. The number of ether oxygens (including phenoxy) is 2. The molecule has 1 aromatic carbocycles. The van der Waals surface area contributed by atoms with Crippen molar-refractivity contribution >= 4 is 28.3 Å². The number of aromatic nitrogens is 1. The molecule has 2 heterocycles. The minimum Gasteiger partial charge on any atom is -0.493 e. The van der Waals surface area contributed by atoms with Gasteiger partial charge < -0.3 is 19.7 Å². The van der Waals surface area contributed by atoms with Crippen molar-refractivity contribution in [2.45, 2.75) is 39.2 Å². The van der Waals surface area contributed by atoms with Gasteiger partial charge in [0, 0.05) is 24.3 Å². The normalized spacial score (nSPS) is 17.5. The lowest BCUT2D eigenvalue weighted by molar-refractivity contribution is -0.134. The number of benzene rings is 1. The van der Waals surface area contributed by atoms with Gasteiger partial charge in [-0.3, -0.25) is 9.59 Å². The van der Waals surface area contributed by atoms with Gasteiger partial charge >= 0.3 is 0 Å². The van der Waals surface area contributed by atoms with Gasteiger partial charge in [0.05, 0.1) is 19.4 Å². The lowest BCUT2D eigenvalue weighted by atomic mass is 9.98. The number of likely N-dealkylation sites (tertiary alicyclic amines) is 1. The van der Waals surface area contributed by atoms with Crippen molar-refractivity contribution < 1.29 is 19.1 Å². The van der Waals surface area contributed by atoms with E-state index < -0.39 is 6.04 Å². The number of aryl methyl sites for hydroxylation is 1. The fourth-order valence-corrected chi connectivity index (χ4v) is 4.00. The molecule has 1 saturated heterocycles. The van der Waals surface area contributed by atoms with Crippen LogP contribution in [0, 0.1) is 6.92 Å². The van der Waals surface area contributed by atoms with E-state index >= 15 is 0 Å². The van der Waals surface area contributed by atoms with Crippen molar-refractivity contribution in [1.29, 1.82) is 0 Å². The summed E-state index contributed by atoms with van der Waals surface area (Å²) >= 11 is 1.37. The highest BCUT2D eigenvalue weighted by Crippen LogP contribution is 2.35. The Morgan fingerprint density at radius 3 is 2.86 bits per heavy atom. The van der Waals surface area contributed by atoms with Crippen molar-refractivity contribution in [3.63, 3.8) is 0 Å². The fraction of sp³-hybridized carbons (Fsp3) is 0.450. The largest absolute Gasteiger partial charge is 0.493 e. The van der Waals surface area contributed by atoms with Gasteiger partial charge in [0.1, 0.15) is 6.04 Å². The number of amides is 2. The zero-order valence-corrected chi connectivity index (χ0v) is 17.3. The first-order chi connectivity index (χ1) is 13.4. The van der Waals surface area contributed by atoms with E-state index in [4.69, 9.17) is 9.47 Å². The summed E-state index contributed by atoms with van der Waals surface area (Å²) < 4.78 is 11.0. The molecule has 1 aliphatic rings. The first kappa shape index (κ1) is 20.1. The van der Waals surface area contributed by atoms with Crippen LogP contribution in [0.2, 0.25) is 0 Å². The number of carbonyl (C=O) groups excluding carboxylic acids is 2. The van der Waals surface area contributed by atoms with Crippen molar-refractivity contribution in [1.82, 2.24) is 9.88 Å². The van der Waals surface area contributed by atoms with Crippen LogP contribution in [0.3, 0.4) is 0 Å². The van der Waals surface area contributed by atoms with Crippen molar-refractivity contribution in [2.75, 3.05) is 25.6 Å². The summed E-state index contributed by atoms with van der Waals surface area (Å²) in [5, 5.41) is 5.22. The predicted molar refractivity (Wildman–Crippen MR) is 108 cm³/mol. The molecule has 7 nitrogen and oxygen atoms in total. The standard InChI is InChI=1S/C20H25N3O4S/c1-5-27-17-8-14(6-7-16(17)26-4)15-9-18(24)23(10-15)13(3)19(25)22-20-21-12(2)11-28-20/h6-8,11,13,15H,5,9-10H2,1-4H3,(H,21,22,25). The second-order valence-corrected chi connectivity index (χ2v) is 7.61. The van der Waals surface area contributed by atoms with E-state index in [9.17, 15) is 9.59 Å². The smallest absolute Gasteiger partial charge is 0.248 e. The molecular formula is C20H25N3O4S. The van der Waals surface area contributed by atoms with Crippen LogP contribution in [0.4, 0.5) is 5.13 Å². The molecule has 2 aromatic rings. The summed E-state index contributed by atoms with van der Waals surface area (Å²) in [7, 11) is 1.60. The van der Waals surface area contributed by atoms with E-state index in [0.29, 0.717) is 36.2 Å². The number of anilines is 1. The lowest BCUT2D eigenvalue weighted by Crippen LogP contribution is -2.42. The van der Waals surface area contributed by atoms with E-state index in [1.807, 2.05) is 37.4 Å². The molecule has 2 unspecified atom stereocenters. The zero-order valence-electron chi connectivity index (χ0n) is 16.5. The summed E-state index contributed by atoms with van der Waals surface area (Å²) in [5.41, 5.74) is 1.86. The monoisotopic (exact) mass is 403 g/mol. The third-order valence-corrected chi connectivity index (χ3v) is 5.69. The molecule has 0 spiro atoms. The van der Waals surface area contributed by atoms with Crippen molar-refractivity contribution in [3.8, 4) is 11.5 Å². The predicted octanol–water partition coefficient (Wildman–Crippen LogP) is 3.20. The minimum absolute atomic E-state index is 0.00923. The van der Waals surface area contributed by atoms with Crippen LogP contribution < -0.4 is 14.8 Å². The molecule has 0 saturated carbocycles. The molecule has 1 aromatic heterocycles. The highest BCUT2D eigenvalue weighted by Gasteiger charge is 2.36. The number of carbonyl (C=O) groups is 2. The Kier molecular flexibility index (Phi) is 6.18. The first-order valence-corrected chi connectivity index (χ1v) is 10.1. The van der Waals surface area contributed by atoms with Gasteiger partial charge in [0.2, 0.25) is 11.8 Å². The molecule has 2 atom stereocenters. The van der Waals surface area contributed by atoms with Crippen LogP contribution in [0.25, 0.3) is 0 Å². The Hall–Kier alpha value is -2.61. The fourth-order valence-electron chi connectivity index (χ4n) is 3.31. The molecule has 28 heavy (non-hydrogen) atoms. The van der Waals surface area contributed by atoms with E-state index in [1.54, 1.807) is 18.9 Å². The van der Waals surface area contributed by atoms with E-state index in [1.165, 1.54) is 11.3 Å². The van der Waals surface area contributed by atoms with Gasteiger partial charge in [-0.25, -0.2) is 4.98 Å². The molecule has 1 N–H and O–H groups in total. The van der Waals surface area contributed by atoms with Gasteiger partial charge in [-0.15, -0.1) is 11.3 Å². The number of thiazole rings is 1. The Balaban J connectivity index is 1.70. The quantitative estimate of drug-likeness (QED) is 0.768. The maximum absolute atomic E-state index is 12.6. The first-order valence-electron chi connectivity index (χ1n) is 9.26. The van der Waals surface area contributed by atoms with Crippen LogP contribution in [-0.4, -0.2) is 48.0 Å². The van der Waals surface area contributed by atoms with Gasteiger partial charge in [-0.1, -0.05) is 6.07 Å². The molecule has 0 bridgehead atoms. The Morgan fingerprint density at radius 1 is 1.43 bits per heavy atom. The molecule has 1 fully saturated rings. The van der Waals surface area contributed by atoms with Gasteiger partial charge in [-0.2, -0.15) is 0 Å². The van der Waals surface area contributed by atoms with Gasteiger partial charge in [-0.05, 0) is 38.5 Å². The molecule has 0 aliphatic carbocycles. The van der Waals surface area contributed by atoms with Crippen molar-refractivity contribution in [2.24, 2.45) is 0 Å². The van der Waals surface area contributed by atoms with E-state index in [-0.39, 0.29) is 17.7 Å². The maximum atomic E-state index is 12.6. The number of hydrogen-bond acceptors (Lipinski definition) is 6. The highest BCUT2D eigenvalue weighted by atomic mass is 32.1. The average Bonchev–Trinajstić information content (AvgIpc) is 3.26. The number of rotatable bonds is 7. The number of methoxy groups -OCH3 is 1. The van der Waals surface area contributed by atoms with Crippen LogP contribution in [-0.2, 0) is 9.59 Å². The molecule has 0 radical (unpaired) electrons.